The normalized spacial score (nSPS) is 16.9. The first-order valence-electron chi connectivity index (χ1n) is 3.86. The second-order valence-electron chi connectivity index (χ2n) is 3.19. The molecule has 0 atom stereocenters. The van der Waals surface area contributed by atoms with Crippen LogP contribution in [0.15, 0.2) is 21.4 Å². The van der Waals surface area contributed by atoms with Crippen molar-refractivity contribution in [3.8, 4) is 0 Å². The van der Waals surface area contributed by atoms with Gasteiger partial charge in [0.25, 0.3) is 5.35 Å². The Morgan fingerprint density at radius 3 is 2.18 bits per heavy atom. The molecule has 0 fully saturated rings. The van der Waals surface area contributed by atoms with Crippen molar-refractivity contribution in [1.29, 1.82) is 0 Å². The topological polar surface area (TPSA) is 26.0 Å². The Morgan fingerprint density at radius 1 is 1.06 bits per heavy atom. The van der Waals surface area contributed by atoms with E-state index in [0.717, 1.165) is 0 Å². The molecule has 0 saturated heterocycles. The largest absolute Gasteiger partial charge is 0.426 e. The number of benzene rings is 1. The van der Waals surface area contributed by atoms with Gasteiger partial charge in [-0.2, -0.15) is 4.98 Å². The van der Waals surface area contributed by atoms with Crippen molar-refractivity contribution < 1.29 is 23.8 Å². The van der Waals surface area contributed by atoms with Gasteiger partial charge >= 0.3 is 10.2 Å². The number of rotatable bonds is 1. The summed E-state index contributed by atoms with van der Waals surface area (Å²) in [5, 5.41) is -1.12. The number of hydrogen-bond acceptors (Lipinski definition) is 2. The van der Waals surface area contributed by atoms with Crippen LogP contribution in [0, 0.1) is 0 Å². The van der Waals surface area contributed by atoms with Gasteiger partial charge in [-0.1, -0.05) is 31.0 Å². The molecule has 96 valence electrons. The average molecular weight is 314 g/mol. The second-order valence-corrected chi connectivity index (χ2v) is 6.33. The molecule has 17 heavy (non-hydrogen) atoms. The Labute approximate surface area is 101 Å². The molecule has 0 bridgehead atoms. The van der Waals surface area contributed by atoms with Gasteiger partial charge in [-0.25, -0.2) is 0 Å². The first-order chi connectivity index (χ1) is 7.36. The minimum atomic E-state index is -9.79. The average Bonchev–Trinajstić information content (AvgIpc) is 2.41. The summed E-state index contributed by atoms with van der Waals surface area (Å²) in [4.78, 5) is 1.18. The standard InChI is InChI=1S/C7H2Cl2F5NOS/c8-4-1-3(17(10,11,12,13)14)2-5-6(4)16-7(9)15-5/h1-2H. The first kappa shape index (κ1) is 12.7. The van der Waals surface area contributed by atoms with Crippen LogP contribution in [0.4, 0.5) is 19.4 Å². The van der Waals surface area contributed by atoms with Gasteiger partial charge in [0.1, 0.15) is 10.4 Å². The van der Waals surface area contributed by atoms with E-state index in [0.29, 0.717) is 0 Å². The maximum atomic E-state index is 12.5. The fraction of sp³-hybridized carbons (Fsp3) is 0. The molecule has 0 saturated carbocycles. The lowest BCUT2D eigenvalue weighted by Gasteiger charge is -2.40. The van der Waals surface area contributed by atoms with E-state index < -0.39 is 31.0 Å². The predicted octanol–water partition coefficient (Wildman–Crippen LogP) is 5.79. The molecule has 0 unspecified atom stereocenters. The summed E-state index contributed by atoms with van der Waals surface area (Å²) in [6.07, 6.45) is 0. The Bertz CT molecular complexity index is 622. The highest BCUT2D eigenvalue weighted by Crippen LogP contribution is 3.02. The maximum Gasteiger partial charge on any atom is 0.310 e. The van der Waals surface area contributed by atoms with E-state index in [1.165, 1.54) is 0 Å². The summed E-state index contributed by atoms with van der Waals surface area (Å²) in [5.74, 6) is 0. The van der Waals surface area contributed by atoms with E-state index in [1.54, 1.807) is 0 Å². The predicted molar refractivity (Wildman–Crippen MR) is 55.4 cm³/mol. The SMILES string of the molecule is FS(F)(F)(F)(F)c1cc(Cl)c2oc(Cl)nc2c1. The lowest BCUT2D eigenvalue weighted by Crippen LogP contribution is -2.05. The van der Waals surface area contributed by atoms with Gasteiger partial charge in [-0.3, -0.25) is 0 Å². The Hall–Kier alpha value is -0.730. The maximum absolute atomic E-state index is 12.5. The number of nitrogens with zero attached hydrogens (tertiary/aromatic N) is 1. The summed E-state index contributed by atoms with van der Waals surface area (Å²) in [6.45, 7) is 0. The highest BCUT2D eigenvalue weighted by Gasteiger charge is 2.65. The third-order valence-corrected chi connectivity index (χ3v) is 3.41. The monoisotopic (exact) mass is 313 g/mol. The molecule has 0 aliphatic heterocycles. The number of oxazole rings is 1. The smallest absolute Gasteiger partial charge is 0.310 e. The van der Waals surface area contributed by atoms with Crippen molar-refractivity contribution in [1.82, 2.24) is 4.98 Å². The quantitative estimate of drug-likeness (QED) is 0.622. The minimum Gasteiger partial charge on any atom is -0.426 e. The molecule has 2 rings (SSSR count). The van der Waals surface area contributed by atoms with Crippen LogP contribution in [0.2, 0.25) is 10.4 Å². The molecule has 0 aliphatic rings. The van der Waals surface area contributed by atoms with Crippen molar-refractivity contribution in [3.63, 3.8) is 0 Å². The molecule has 0 N–H and O–H groups in total. The molecule has 1 heterocycles. The van der Waals surface area contributed by atoms with E-state index in [9.17, 15) is 19.4 Å². The zero-order valence-corrected chi connectivity index (χ0v) is 9.89. The van der Waals surface area contributed by atoms with Crippen LogP contribution in [0.3, 0.4) is 0 Å². The lowest BCUT2D eigenvalue weighted by molar-refractivity contribution is 0.364. The van der Waals surface area contributed by atoms with Gasteiger partial charge in [-0.05, 0) is 23.7 Å². The summed E-state index contributed by atoms with van der Waals surface area (Å²) >= 11 is 10.7. The van der Waals surface area contributed by atoms with Crippen molar-refractivity contribution in [2.75, 3.05) is 0 Å². The van der Waals surface area contributed by atoms with Crippen molar-refractivity contribution in [2.45, 2.75) is 4.90 Å². The van der Waals surface area contributed by atoms with E-state index in [-0.39, 0.29) is 17.7 Å². The van der Waals surface area contributed by atoms with E-state index in [4.69, 9.17) is 23.2 Å². The summed E-state index contributed by atoms with van der Waals surface area (Å²) in [7, 11) is -9.79. The second kappa shape index (κ2) is 2.81. The van der Waals surface area contributed by atoms with Crippen LogP contribution in [0.1, 0.15) is 0 Å². The van der Waals surface area contributed by atoms with Crippen LogP contribution in [-0.2, 0) is 0 Å². The van der Waals surface area contributed by atoms with Gasteiger partial charge in [0, 0.05) is 0 Å². The van der Waals surface area contributed by atoms with Crippen LogP contribution >= 0.6 is 33.4 Å². The lowest BCUT2D eigenvalue weighted by atomic mass is 10.3. The third kappa shape index (κ3) is 2.43. The van der Waals surface area contributed by atoms with Gasteiger partial charge in [0.05, 0.1) is 5.02 Å². The Morgan fingerprint density at radius 2 is 1.65 bits per heavy atom. The fourth-order valence-electron chi connectivity index (χ4n) is 1.16. The Kier molecular flexibility index (Phi) is 2.10. The van der Waals surface area contributed by atoms with Crippen LogP contribution in [0.25, 0.3) is 11.1 Å². The summed E-state index contributed by atoms with van der Waals surface area (Å²) in [5.41, 5.74) is -0.756. The zero-order chi connectivity index (χ0) is 13.1. The molecular weight excluding hydrogens is 312 g/mol. The molecule has 0 radical (unpaired) electrons. The minimum absolute atomic E-state index is 0.0902. The number of fused-ring (bicyclic) bond motifs is 1. The molecule has 2 nitrogen and oxygen atoms in total. The number of aromatic nitrogens is 1. The van der Waals surface area contributed by atoms with Crippen LogP contribution in [-0.4, -0.2) is 4.98 Å². The summed E-state index contributed by atoms with van der Waals surface area (Å²) in [6, 6.07) is 0.241. The van der Waals surface area contributed by atoms with Crippen molar-refractivity contribution in [3.05, 3.63) is 22.5 Å². The van der Waals surface area contributed by atoms with E-state index in [2.05, 4.69) is 9.40 Å². The number of halogens is 7. The van der Waals surface area contributed by atoms with Gasteiger partial charge in [-0.15, -0.1) is 0 Å². The van der Waals surface area contributed by atoms with Crippen LogP contribution < -0.4 is 0 Å². The highest BCUT2D eigenvalue weighted by atomic mass is 35.5. The molecule has 10 heteroatoms. The zero-order valence-electron chi connectivity index (χ0n) is 7.56. The van der Waals surface area contributed by atoms with Crippen molar-refractivity contribution >= 4 is 44.5 Å². The molecule has 1 aromatic heterocycles. The molecular formula is C7H2Cl2F5NOS. The van der Waals surface area contributed by atoms with Crippen molar-refractivity contribution in [2.24, 2.45) is 0 Å². The summed E-state index contributed by atoms with van der Waals surface area (Å²) < 4.78 is 67.2. The Balaban J connectivity index is 2.84. The fourth-order valence-corrected chi connectivity index (χ4v) is 2.32. The highest BCUT2D eigenvalue weighted by molar-refractivity contribution is 8.45. The third-order valence-electron chi connectivity index (χ3n) is 1.84. The van der Waals surface area contributed by atoms with E-state index in [1.807, 2.05) is 0 Å². The first-order valence-corrected chi connectivity index (χ1v) is 6.57. The van der Waals surface area contributed by atoms with Crippen LogP contribution in [0.5, 0.6) is 0 Å². The molecule has 0 spiro atoms. The van der Waals surface area contributed by atoms with Gasteiger partial charge < -0.3 is 4.42 Å². The molecule has 2 aromatic rings. The number of hydrogen-bond donors (Lipinski definition) is 0. The van der Waals surface area contributed by atoms with Gasteiger partial charge in [0.15, 0.2) is 5.58 Å². The molecule has 0 aliphatic carbocycles. The molecule has 1 aromatic carbocycles. The van der Waals surface area contributed by atoms with E-state index >= 15 is 0 Å². The van der Waals surface area contributed by atoms with Gasteiger partial charge in [0.2, 0.25) is 0 Å². The molecule has 0 amide bonds.